The molecule has 2 aliphatic heterocycles. The van der Waals surface area contributed by atoms with Crippen molar-refractivity contribution in [2.75, 3.05) is 27.3 Å². The molecule has 0 spiro atoms. The molecule has 0 saturated carbocycles. The normalized spacial score (nSPS) is 36.9. The van der Waals surface area contributed by atoms with E-state index in [0.717, 1.165) is 11.6 Å². The lowest BCUT2D eigenvalue weighted by Crippen LogP contribution is -2.69. The van der Waals surface area contributed by atoms with Crippen LogP contribution in [0.4, 0.5) is 8.78 Å². The zero-order chi connectivity index (χ0) is 19.7. The molecule has 5 nitrogen and oxygen atoms in total. The van der Waals surface area contributed by atoms with Gasteiger partial charge in [0, 0.05) is 39.8 Å². The average Bonchev–Trinajstić information content (AvgIpc) is 2.64. The Hall–Kier alpha value is -1.38. The quantitative estimate of drug-likeness (QED) is 0.779. The summed E-state index contributed by atoms with van der Waals surface area (Å²) in [4.78, 5) is 2.11. The predicted molar refractivity (Wildman–Crippen MR) is 96.1 cm³/mol. The number of piperidine rings is 1. The molecule has 1 aromatic carbocycles. The van der Waals surface area contributed by atoms with Gasteiger partial charge in [0.15, 0.2) is 0 Å². The van der Waals surface area contributed by atoms with Crippen LogP contribution in [-0.4, -0.2) is 56.0 Å². The minimum absolute atomic E-state index is 0.420. The molecule has 2 heterocycles. The zero-order valence-electron chi connectivity index (χ0n) is 16.2. The molecule has 0 unspecified atom stereocenters. The predicted octanol–water partition coefficient (Wildman–Crippen LogP) is 3.41. The maximum Gasteiger partial charge on any atom is 0.266 e. The van der Waals surface area contributed by atoms with Crippen molar-refractivity contribution in [3.05, 3.63) is 48.1 Å². The van der Waals surface area contributed by atoms with Crippen LogP contribution in [0.15, 0.2) is 42.5 Å². The first-order chi connectivity index (χ1) is 12.8. The van der Waals surface area contributed by atoms with Gasteiger partial charge in [-0.2, -0.15) is 8.78 Å². The summed E-state index contributed by atoms with van der Waals surface area (Å²) >= 11 is 0. The Morgan fingerprint density at radius 2 is 1.74 bits per heavy atom. The number of methoxy groups -OCH3 is 2. The van der Waals surface area contributed by atoms with E-state index in [1.807, 2.05) is 30.3 Å². The third-order valence-electron chi connectivity index (χ3n) is 5.63. The van der Waals surface area contributed by atoms with Gasteiger partial charge in [0.1, 0.15) is 6.10 Å². The molecule has 0 aliphatic carbocycles. The van der Waals surface area contributed by atoms with Crippen LogP contribution >= 0.6 is 0 Å². The Bertz CT molecular complexity index is 669. The third-order valence-corrected chi connectivity index (χ3v) is 5.63. The van der Waals surface area contributed by atoms with E-state index in [0.29, 0.717) is 19.6 Å². The highest BCUT2D eigenvalue weighted by atomic mass is 19.3. The van der Waals surface area contributed by atoms with Crippen LogP contribution in [-0.2, 0) is 25.5 Å². The van der Waals surface area contributed by atoms with Crippen molar-refractivity contribution in [1.29, 1.82) is 0 Å². The molecular weight excluding hydrogens is 356 g/mol. The van der Waals surface area contributed by atoms with Crippen LogP contribution in [0.1, 0.15) is 19.4 Å². The number of fused-ring (bicyclic) bond motifs is 1. The number of halogens is 2. The van der Waals surface area contributed by atoms with Gasteiger partial charge in [-0.3, -0.25) is 4.90 Å². The first-order valence-electron chi connectivity index (χ1n) is 9.05. The van der Waals surface area contributed by atoms with Gasteiger partial charge in [-0.25, -0.2) is 0 Å². The number of hydrogen-bond donors (Lipinski definition) is 0. The summed E-state index contributed by atoms with van der Waals surface area (Å²) in [5, 5.41) is 0. The van der Waals surface area contributed by atoms with Crippen molar-refractivity contribution < 1.29 is 27.7 Å². The van der Waals surface area contributed by atoms with E-state index in [2.05, 4.69) is 4.90 Å². The van der Waals surface area contributed by atoms with E-state index in [4.69, 9.17) is 18.9 Å². The van der Waals surface area contributed by atoms with Crippen LogP contribution in [0.2, 0.25) is 0 Å². The Balaban J connectivity index is 1.86. The fourth-order valence-electron chi connectivity index (χ4n) is 3.89. The molecule has 5 atom stereocenters. The second-order valence-corrected chi connectivity index (χ2v) is 7.34. The van der Waals surface area contributed by atoms with E-state index in [1.54, 1.807) is 13.8 Å². The van der Waals surface area contributed by atoms with Gasteiger partial charge in [-0.15, -0.1) is 0 Å². The topological polar surface area (TPSA) is 40.2 Å². The van der Waals surface area contributed by atoms with Gasteiger partial charge in [-0.1, -0.05) is 30.3 Å². The molecule has 0 aromatic heterocycles. The minimum Gasteiger partial charge on any atom is -0.349 e. The molecule has 0 radical (unpaired) electrons. The number of rotatable bonds is 5. The van der Waals surface area contributed by atoms with Crippen LogP contribution in [0.5, 0.6) is 0 Å². The van der Waals surface area contributed by atoms with Gasteiger partial charge in [0.05, 0.1) is 6.10 Å². The highest BCUT2D eigenvalue weighted by molar-refractivity contribution is 5.15. The Labute approximate surface area is 158 Å². The monoisotopic (exact) mass is 383 g/mol. The van der Waals surface area contributed by atoms with Gasteiger partial charge >= 0.3 is 0 Å². The van der Waals surface area contributed by atoms with Crippen molar-refractivity contribution in [3.63, 3.8) is 0 Å². The highest BCUT2D eigenvalue weighted by Crippen LogP contribution is 2.43. The molecule has 0 bridgehead atoms. The lowest BCUT2D eigenvalue weighted by molar-refractivity contribution is -0.455. The van der Waals surface area contributed by atoms with Gasteiger partial charge in [-0.05, 0) is 25.5 Å². The van der Waals surface area contributed by atoms with Crippen LogP contribution in [0.25, 0.3) is 0 Å². The molecule has 0 N–H and O–H groups in total. The zero-order valence-corrected chi connectivity index (χ0v) is 16.2. The van der Waals surface area contributed by atoms with Crippen molar-refractivity contribution in [3.8, 4) is 0 Å². The van der Waals surface area contributed by atoms with Crippen molar-refractivity contribution in [2.45, 2.75) is 44.2 Å². The summed E-state index contributed by atoms with van der Waals surface area (Å²) in [6.45, 7) is 5.09. The van der Waals surface area contributed by atoms with E-state index in [-0.39, 0.29) is 0 Å². The molecule has 1 aromatic rings. The van der Waals surface area contributed by atoms with Crippen molar-refractivity contribution in [2.24, 2.45) is 5.92 Å². The fourth-order valence-corrected chi connectivity index (χ4v) is 3.89. The molecule has 2 saturated heterocycles. The van der Waals surface area contributed by atoms with E-state index in [1.165, 1.54) is 14.2 Å². The fraction of sp³-hybridized carbons (Fsp3) is 0.600. The Morgan fingerprint density at radius 3 is 2.33 bits per heavy atom. The first-order valence-corrected chi connectivity index (χ1v) is 9.05. The number of nitrogens with zero attached hydrogens (tertiary/aromatic N) is 1. The first kappa shape index (κ1) is 20.4. The highest BCUT2D eigenvalue weighted by Gasteiger charge is 2.59. The molecular formula is C20H27F2NO4. The molecule has 2 aliphatic rings. The average molecular weight is 383 g/mol. The Morgan fingerprint density at radius 1 is 1.11 bits per heavy atom. The maximum absolute atomic E-state index is 13.1. The summed E-state index contributed by atoms with van der Waals surface area (Å²) < 4.78 is 49.7. The number of ether oxygens (including phenoxy) is 4. The smallest absolute Gasteiger partial charge is 0.266 e. The third kappa shape index (κ3) is 4.07. The lowest BCUT2D eigenvalue weighted by atomic mass is 9.89. The van der Waals surface area contributed by atoms with Crippen LogP contribution in [0.3, 0.4) is 0 Å². The largest absolute Gasteiger partial charge is 0.349 e. The molecule has 150 valence electrons. The molecule has 7 heteroatoms. The Kier molecular flexibility index (Phi) is 5.98. The van der Waals surface area contributed by atoms with Crippen molar-refractivity contribution in [1.82, 2.24) is 4.90 Å². The summed E-state index contributed by atoms with van der Waals surface area (Å²) in [6, 6.07) is 9.92. The standard InChI is InChI=1S/C20H27F2NO4/c1-19(24-3)20(2,25-4)27-18-15(10-17(21)22)12-23(13-16(18)26-19)11-14-8-6-5-7-9-14/h5-10,15-16,18H,11-13H2,1-4H3/t15-,16+,18+,19-,20-/m0/s1. The van der Waals surface area contributed by atoms with E-state index < -0.39 is 35.8 Å². The van der Waals surface area contributed by atoms with Gasteiger partial charge < -0.3 is 18.9 Å². The molecule has 2 fully saturated rings. The van der Waals surface area contributed by atoms with E-state index in [9.17, 15) is 8.78 Å². The second-order valence-electron chi connectivity index (χ2n) is 7.34. The summed E-state index contributed by atoms with van der Waals surface area (Å²) in [5.41, 5.74) is 1.12. The van der Waals surface area contributed by atoms with Gasteiger partial charge in [0.25, 0.3) is 6.08 Å². The minimum atomic E-state index is -1.72. The number of benzene rings is 1. The van der Waals surface area contributed by atoms with Crippen LogP contribution in [0, 0.1) is 5.92 Å². The number of hydrogen-bond acceptors (Lipinski definition) is 5. The molecule has 27 heavy (non-hydrogen) atoms. The van der Waals surface area contributed by atoms with Crippen LogP contribution < -0.4 is 0 Å². The second kappa shape index (κ2) is 7.93. The van der Waals surface area contributed by atoms with E-state index >= 15 is 0 Å². The SMILES string of the molecule is CO[C@@]1(C)O[C@@H]2[C@@H](C=C(F)F)CN(Cc3ccccc3)C[C@H]2O[C@]1(C)OC. The lowest BCUT2D eigenvalue weighted by Gasteiger charge is -2.56. The summed E-state index contributed by atoms with van der Waals surface area (Å²) in [6.07, 6.45) is -1.73. The maximum atomic E-state index is 13.1. The van der Waals surface area contributed by atoms with Gasteiger partial charge in [0.2, 0.25) is 11.6 Å². The molecule has 0 amide bonds. The van der Waals surface area contributed by atoms with Crippen molar-refractivity contribution >= 4 is 0 Å². The molecule has 3 rings (SSSR count). The number of likely N-dealkylation sites (tertiary alicyclic amines) is 1. The summed E-state index contributed by atoms with van der Waals surface area (Å²) in [7, 11) is 3.01. The summed E-state index contributed by atoms with van der Waals surface area (Å²) in [5.74, 6) is -2.88.